The Morgan fingerprint density at radius 1 is 0.200 bits per heavy atom. The highest BCUT2D eigenvalue weighted by atomic mass is 15.1. The van der Waals surface area contributed by atoms with Gasteiger partial charge in [0.1, 0.15) is 0 Å². The predicted molar refractivity (Wildman–Crippen MR) is 300 cm³/mol. The van der Waals surface area contributed by atoms with E-state index in [0.717, 1.165) is 24.2 Å². The van der Waals surface area contributed by atoms with Crippen molar-refractivity contribution in [3.05, 3.63) is 241 Å². The van der Waals surface area contributed by atoms with Crippen LogP contribution in [0.4, 0.5) is 34.1 Å². The van der Waals surface area contributed by atoms with Gasteiger partial charge in [0.05, 0.1) is 0 Å². The molecule has 2 nitrogen and oxygen atoms in total. The highest BCUT2D eigenvalue weighted by Crippen LogP contribution is 2.47. The largest absolute Gasteiger partial charge is 0.310 e. The number of rotatable bonds is 6. The average Bonchev–Trinajstić information content (AvgIpc) is 4.11. The lowest BCUT2D eigenvalue weighted by molar-refractivity contribution is 0.911. The standard InChI is InChI=1S/C68H48N2/c1-3-13-47-35-51(27-23-43(47)11-1)69(53-29-25-45-15-9-17-49(45)37-53)55-31-33-61-63(39-55)57-19-5-7-21-59(57)65-42-68-62-34-32-56(40-64(62)58-20-6-8-22-60(58)66(68)41-67(61)65)70(54-30-26-46-16-10-18-50(46)38-54)52-28-24-44-12-2-4-14-48(44)36-52/h1-8,11-14,19-42H,9-10,15-18H2. The summed E-state index contributed by atoms with van der Waals surface area (Å²) in [5.74, 6) is 0. The van der Waals surface area contributed by atoms with E-state index in [1.54, 1.807) is 0 Å². The Bertz CT molecular complexity index is 4050. The van der Waals surface area contributed by atoms with Crippen LogP contribution in [-0.2, 0) is 25.7 Å². The van der Waals surface area contributed by atoms with Crippen LogP contribution in [0.3, 0.4) is 0 Å². The van der Waals surface area contributed by atoms with E-state index in [0.29, 0.717) is 0 Å². The molecule has 330 valence electrons. The summed E-state index contributed by atoms with van der Waals surface area (Å²) in [5, 5.41) is 20.3. The number of anilines is 6. The summed E-state index contributed by atoms with van der Waals surface area (Å²) in [6, 6.07) is 83.0. The fourth-order valence-electron chi connectivity index (χ4n) is 12.6. The van der Waals surface area contributed by atoms with Crippen molar-refractivity contribution < 1.29 is 0 Å². The van der Waals surface area contributed by atoms with Crippen LogP contribution in [0, 0.1) is 0 Å². The molecule has 0 bridgehead atoms. The molecule has 2 heteroatoms. The zero-order valence-corrected chi connectivity index (χ0v) is 38.9. The topological polar surface area (TPSA) is 6.48 Å². The monoisotopic (exact) mass is 892 g/mol. The molecular weight excluding hydrogens is 845 g/mol. The molecule has 0 saturated carbocycles. The van der Waals surface area contributed by atoms with Crippen molar-refractivity contribution in [1.29, 1.82) is 0 Å². The first kappa shape index (κ1) is 39.5. The normalized spacial score (nSPS) is 13.4. The van der Waals surface area contributed by atoms with Crippen molar-refractivity contribution in [3.8, 4) is 0 Å². The van der Waals surface area contributed by atoms with E-state index in [4.69, 9.17) is 0 Å². The van der Waals surface area contributed by atoms with E-state index in [-0.39, 0.29) is 0 Å². The summed E-state index contributed by atoms with van der Waals surface area (Å²) in [4.78, 5) is 4.95. The first-order valence-electron chi connectivity index (χ1n) is 25.1. The third kappa shape index (κ3) is 6.19. The first-order valence-corrected chi connectivity index (χ1v) is 25.1. The number of hydrogen-bond donors (Lipinski definition) is 0. The van der Waals surface area contributed by atoms with Crippen molar-refractivity contribution in [2.45, 2.75) is 38.5 Å². The third-order valence-electron chi connectivity index (χ3n) is 15.9. The zero-order chi connectivity index (χ0) is 45.9. The summed E-state index contributed by atoms with van der Waals surface area (Å²) < 4.78 is 0. The van der Waals surface area contributed by atoms with Gasteiger partial charge in [0.15, 0.2) is 0 Å². The maximum Gasteiger partial charge on any atom is 0.0468 e. The molecule has 0 fully saturated rings. The van der Waals surface area contributed by atoms with Crippen LogP contribution >= 0.6 is 0 Å². The maximum absolute atomic E-state index is 2.50. The molecule has 15 rings (SSSR count). The van der Waals surface area contributed by atoms with Gasteiger partial charge in [-0.05, 0) is 232 Å². The summed E-state index contributed by atoms with van der Waals surface area (Å²) in [6.07, 6.45) is 7.07. The first-order chi connectivity index (χ1) is 34.7. The van der Waals surface area contributed by atoms with Crippen LogP contribution in [0.15, 0.2) is 218 Å². The van der Waals surface area contributed by atoms with Crippen LogP contribution in [-0.4, -0.2) is 0 Å². The number of fused-ring (bicyclic) bond motifs is 16. The molecule has 0 radical (unpaired) electrons. The Labute approximate surface area is 407 Å². The maximum atomic E-state index is 2.50. The molecule has 70 heavy (non-hydrogen) atoms. The Morgan fingerprint density at radius 3 is 0.929 bits per heavy atom. The molecule has 0 atom stereocenters. The van der Waals surface area contributed by atoms with Gasteiger partial charge in [0.2, 0.25) is 0 Å². The van der Waals surface area contributed by atoms with Crippen molar-refractivity contribution >= 4 is 120 Å². The average molecular weight is 893 g/mol. The Kier molecular flexibility index (Phi) is 8.77. The van der Waals surface area contributed by atoms with Gasteiger partial charge in [-0.25, -0.2) is 0 Å². The molecule has 0 spiro atoms. The lowest BCUT2D eigenvalue weighted by Gasteiger charge is -2.27. The minimum absolute atomic E-state index is 1.14. The Morgan fingerprint density at radius 2 is 0.500 bits per heavy atom. The van der Waals surface area contributed by atoms with E-state index < -0.39 is 0 Å². The van der Waals surface area contributed by atoms with Crippen LogP contribution in [0.2, 0.25) is 0 Å². The van der Waals surface area contributed by atoms with Crippen LogP contribution in [0.1, 0.15) is 35.1 Å². The SMILES string of the molecule is c1ccc2cc(N(c3ccc4c(c3)CCC4)c3ccc4c(c3)c3ccccc3c3cc5c6ccc(N(c7ccc8c(c7)CCC8)c7ccc8ccccc8c7)cc6c6ccccc6c5cc43)ccc2c1. The smallest absolute Gasteiger partial charge is 0.0468 e. The molecule has 0 aromatic heterocycles. The van der Waals surface area contributed by atoms with Gasteiger partial charge in [-0.1, -0.05) is 133 Å². The molecule has 2 aliphatic carbocycles. The van der Waals surface area contributed by atoms with Crippen LogP contribution in [0.25, 0.3) is 86.2 Å². The number of hydrogen-bond acceptors (Lipinski definition) is 2. The molecule has 2 aliphatic rings. The van der Waals surface area contributed by atoms with E-state index in [2.05, 4.69) is 228 Å². The molecule has 0 unspecified atom stereocenters. The predicted octanol–water partition coefficient (Wildman–Crippen LogP) is 18.8. The molecule has 0 N–H and O–H groups in total. The number of nitrogens with zero attached hydrogens (tertiary/aromatic N) is 2. The van der Waals surface area contributed by atoms with Gasteiger partial charge in [-0.3, -0.25) is 0 Å². The summed E-state index contributed by atoms with van der Waals surface area (Å²) in [6.45, 7) is 0. The minimum Gasteiger partial charge on any atom is -0.310 e. The third-order valence-corrected chi connectivity index (χ3v) is 15.9. The summed E-state index contributed by atoms with van der Waals surface area (Å²) in [5.41, 5.74) is 13.0. The van der Waals surface area contributed by atoms with Crippen molar-refractivity contribution in [2.24, 2.45) is 0 Å². The van der Waals surface area contributed by atoms with Gasteiger partial charge < -0.3 is 9.80 Å². The van der Waals surface area contributed by atoms with E-state index in [1.165, 1.54) is 157 Å². The van der Waals surface area contributed by atoms with Crippen LogP contribution in [0.5, 0.6) is 0 Å². The molecule has 13 aromatic rings. The minimum atomic E-state index is 1.14. The molecule has 0 aliphatic heterocycles. The Hall–Kier alpha value is -8.46. The fourth-order valence-corrected chi connectivity index (χ4v) is 12.6. The van der Waals surface area contributed by atoms with Crippen molar-refractivity contribution in [3.63, 3.8) is 0 Å². The van der Waals surface area contributed by atoms with Gasteiger partial charge >= 0.3 is 0 Å². The van der Waals surface area contributed by atoms with Gasteiger partial charge in [0.25, 0.3) is 0 Å². The van der Waals surface area contributed by atoms with Gasteiger partial charge in [-0.15, -0.1) is 0 Å². The highest BCUT2D eigenvalue weighted by molar-refractivity contribution is 6.33. The van der Waals surface area contributed by atoms with E-state index in [9.17, 15) is 0 Å². The van der Waals surface area contributed by atoms with Gasteiger partial charge in [0, 0.05) is 34.1 Å². The Balaban J connectivity index is 0.944. The summed E-state index contributed by atoms with van der Waals surface area (Å²) >= 11 is 0. The molecule has 0 amide bonds. The van der Waals surface area contributed by atoms with Crippen molar-refractivity contribution in [1.82, 2.24) is 0 Å². The van der Waals surface area contributed by atoms with Gasteiger partial charge in [-0.2, -0.15) is 0 Å². The molecule has 0 saturated heterocycles. The molecule has 0 heterocycles. The molecular formula is C68H48N2. The highest BCUT2D eigenvalue weighted by Gasteiger charge is 2.22. The fraction of sp³-hybridized carbons (Fsp3) is 0.0882. The zero-order valence-electron chi connectivity index (χ0n) is 38.9. The van der Waals surface area contributed by atoms with Crippen LogP contribution < -0.4 is 9.80 Å². The molecule has 13 aromatic carbocycles. The second-order valence-electron chi connectivity index (χ2n) is 19.8. The second kappa shape index (κ2) is 15.5. The second-order valence-corrected chi connectivity index (χ2v) is 19.8. The quantitative estimate of drug-likeness (QED) is 0.121. The number of benzene rings is 13. The lowest BCUT2D eigenvalue weighted by atomic mass is 9.88. The van der Waals surface area contributed by atoms with E-state index >= 15 is 0 Å². The lowest BCUT2D eigenvalue weighted by Crippen LogP contribution is -2.10. The van der Waals surface area contributed by atoms with E-state index in [1.807, 2.05) is 0 Å². The van der Waals surface area contributed by atoms with Crippen molar-refractivity contribution in [2.75, 3.05) is 9.80 Å². The number of aryl methyl sites for hydroxylation is 4. The summed E-state index contributed by atoms with van der Waals surface area (Å²) in [7, 11) is 0.